The molecule has 0 aliphatic heterocycles. The normalized spacial score (nSPS) is 19.3. The highest BCUT2D eigenvalue weighted by atomic mass is 31.2. The van der Waals surface area contributed by atoms with Crippen LogP contribution in [0.15, 0.2) is 78.9 Å². The summed E-state index contributed by atoms with van der Waals surface area (Å²) < 4.78 is 24.1. The number of nitrogens with one attached hydrogen (secondary N) is 2. The predicted octanol–water partition coefficient (Wildman–Crippen LogP) is 6.84. The lowest BCUT2D eigenvalue weighted by Gasteiger charge is -2.26. The van der Waals surface area contributed by atoms with E-state index in [4.69, 9.17) is 9.05 Å². The Morgan fingerprint density at radius 3 is 2.32 bits per heavy atom. The minimum Gasteiger partial charge on any atom is -0.415 e. The predicted molar refractivity (Wildman–Crippen MR) is 147 cm³/mol. The van der Waals surface area contributed by atoms with Gasteiger partial charge in [-0.3, -0.25) is 5.32 Å². The number of aliphatic hydroxyl groups excluding tert-OH is 1. The molecule has 0 heterocycles. The summed E-state index contributed by atoms with van der Waals surface area (Å²) in [5.41, 5.74) is 1.47. The molecule has 0 bridgehead atoms. The van der Waals surface area contributed by atoms with E-state index in [-0.39, 0.29) is 6.10 Å². The molecule has 8 heteroatoms. The van der Waals surface area contributed by atoms with Crippen molar-refractivity contribution in [3.8, 4) is 5.75 Å². The monoisotopic (exact) mass is 518 g/mol. The van der Waals surface area contributed by atoms with Crippen LogP contribution >= 0.6 is 7.60 Å². The van der Waals surface area contributed by atoms with Crippen molar-refractivity contribution >= 4 is 40.9 Å². The van der Waals surface area contributed by atoms with Crippen molar-refractivity contribution in [2.45, 2.75) is 44.4 Å². The average molecular weight is 519 g/mol. The Morgan fingerprint density at radius 2 is 1.57 bits per heavy atom. The van der Waals surface area contributed by atoms with Crippen molar-refractivity contribution < 1.29 is 23.5 Å². The maximum absolute atomic E-state index is 13.1. The highest BCUT2D eigenvalue weighted by Gasteiger charge is 2.26. The zero-order valence-electron chi connectivity index (χ0n) is 20.7. The van der Waals surface area contributed by atoms with E-state index < -0.39 is 13.7 Å². The molecule has 1 aliphatic rings. The highest BCUT2D eigenvalue weighted by Crippen LogP contribution is 2.46. The zero-order chi connectivity index (χ0) is 25.8. The van der Waals surface area contributed by atoms with E-state index in [1.807, 2.05) is 66.7 Å². The zero-order valence-corrected chi connectivity index (χ0v) is 21.6. The fourth-order valence-electron chi connectivity index (χ4n) is 4.84. The molecule has 7 nitrogen and oxygen atoms in total. The quantitative estimate of drug-likeness (QED) is 0.232. The largest absolute Gasteiger partial charge is 0.431 e. The molecule has 1 aliphatic carbocycles. The Kier molecular flexibility index (Phi) is 7.47. The lowest BCUT2D eigenvalue weighted by Crippen LogP contribution is -2.34. The van der Waals surface area contributed by atoms with Crippen molar-refractivity contribution in [3.63, 3.8) is 0 Å². The van der Waals surface area contributed by atoms with Crippen LogP contribution < -0.4 is 15.2 Å². The molecule has 0 spiro atoms. The Hall–Kier alpha value is -3.38. The second-order valence-electron chi connectivity index (χ2n) is 9.59. The van der Waals surface area contributed by atoms with Crippen LogP contribution in [-0.4, -0.2) is 30.0 Å². The van der Waals surface area contributed by atoms with E-state index in [0.29, 0.717) is 24.0 Å². The SMILES string of the molecule is CP(=O)(OC(=O)Nc1cc2ccccc2cc1CNC1CCC(O)CC1)Oc1cccc2ccccc12. The van der Waals surface area contributed by atoms with Gasteiger partial charge in [0, 0.05) is 23.7 Å². The number of fused-ring (bicyclic) bond motifs is 2. The summed E-state index contributed by atoms with van der Waals surface area (Å²) in [6, 6.07) is 25.2. The van der Waals surface area contributed by atoms with Crippen molar-refractivity contribution in [3.05, 3.63) is 84.4 Å². The van der Waals surface area contributed by atoms with Crippen LogP contribution in [0.2, 0.25) is 0 Å². The number of hydrogen-bond acceptors (Lipinski definition) is 6. The Bertz CT molecular complexity index is 1460. The number of benzene rings is 4. The number of carbonyl (C=O) groups is 1. The molecule has 37 heavy (non-hydrogen) atoms. The molecule has 3 N–H and O–H groups in total. The Labute approximate surface area is 216 Å². The minimum atomic E-state index is -3.77. The molecule has 1 amide bonds. The second kappa shape index (κ2) is 10.9. The molecule has 4 aromatic carbocycles. The first-order chi connectivity index (χ1) is 17.9. The van der Waals surface area contributed by atoms with Gasteiger partial charge in [0.1, 0.15) is 5.75 Å². The topological polar surface area (TPSA) is 96.9 Å². The maximum atomic E-state index is 13.1. The highest BCUT2D eigenvalue weighted by molar-refractivity contribution is 7.54. The van der Waals surface area contributed by atoms with E-state index in [2.05, 4.69) is 10.6 Å². The van der Waals surface area contributed by atoms with Gasteiger partial charge in [0.25, 0.3) is 0 Å². The van der Waals surface area contributed by atoms with Crippen molar-refractivity contribution in [2.75, 3.05) is 12.0 Å². The molecular formula is C29H31N2O5P. The van der Waals surface area contributed by atoms with E-state index >= 15 is 0 Å². The molecule has 5 rings (SSSR count). The minimum absolute atomic E-state index is 0.216. The van der Waals surface area contributed by atoms with Gasteiger partial charge < -0.3 is 19.5 Å². The maximum Gasteiger partial charge on any atom is 0.431 e. The van der Waals surface area contributed by atoms with Gasteiger partial charge in [0.15, 0.2) is 0 Å². The third-order valence-corrected chi connectivity index (χ3v) is 7.77. The number of carbonyl (C=O) groups excluding carboxylic acids is 1. The second-order valence-corrected chi connectivity index (χ2v) is 11.5. The van der Waals surface area contributed by atoms with Crippen LogP contribution in [0, 0.1) is 0 Å². The molecule has 4 aromatic rings. The van der Waals surface area contributed by atoms with Crippen LogP contribution in [0.1, 0.15) is 31.2 Å². The number of amides is 1. The van der Waals surface area contributed by atoms with Gasteiger partial charge in [0.2, 0.25) is 0 Å². The molecule has 1 saturated carbocycles. The van der Waals surface area contributed by atoms with E-state index in [1.165, 1.54) is 6.66 Å². The van der Waals surface area contributed by atoms with Gasteiger partial charge in [-0.25, -0.2) is 9.36 Å². The van der Waals surface area contributed by atoms with Crippen molar-refractivity contribution in [2.24, 2.45) is 0 Å². The fourth-order valence-corrected chi connectivity index (χ4v) is 5.74. The third kappa shape index (κ3) is 6.31. The van der Waals surface area contributed by atoms with E-state index in [1.54, 1.807) is 12.1 Å². The average Bonchev–Trinajstić information content (AvgIpc) is 2.88. The van der Waals surface area contributed by atoms with Crippen LogP contribution in [0.5, 0.6) is 5.75 Å². The van der Waals surface area contributed by atoms with Gasteiger partial charge in [-0.1, -0.05) is 60.7 Å². The Balaban J connectivity index is 1.31. The summed E-state index contributed by atoms with van der Waals surface area (Å²) >= 11 is 0. The number of hydrogen-bond donors (Lipinski definition) is 3. The summed E-state index contributed by atoms with van der Waals surface area (Å²) in [6.07, 6.45) is 2.33. The number of aliphatic hydroxyl groups is 1. The molecule has 192 valence electrons. The van der Waals surface area contributed by atoms with Crippen LogP contribution in [0.4, 0.5) is 10.5 Å². The first-order valence-corrected chi connectivity index (χ1v) is 14.5. The molecule has 0 radical (unpaired) electrons. The molecule has 0 saturated heterocycles. The van der Waals surface area contributed by atoms with Gasteiger partial charge in [0.05, 0.1) is 12.8 Å². The summed E-state index contributed by atoms with van der Waals surface area (Å²) in [5.74, 6) is 0.393. The first kappa shape index (κ1) is 25.3. The fraction of sp³-hybridized carbons (Fsp3) is 0.276. The van der Waals surface area contributed by atoms with Crippen LogP contribution in [-0.2, 0) is 15.6 Å². The van der Waals surface area contributed by atoms with Gasteiger partial charge in [-0.15, -0.1) is 0 Å². The lowest BCUT2D eigenvalue weighted by atomic mass is 9.93. The standard InChI is InChI=1S/C29H31N2O5P/c1-37(34,35-28-12-6-10-20-7-4-5-11-26(20)28)36-29(33)31-27-18-22-9-3-2-8-21(22)17-23(27)19-30-24-13-15-25(32)16-14-24/h2-12,17-18,24-25,30,32H,13-16,19H2,1H3,(H,31,33). The van der Waals surface area contributed by atoms with Gasteiger partial charge in [-0.2, -0.15) is 0 Å². The number of anilines is 1. The van der Waals surface area contributed by atoms with Gasteiger partial charge in [-0.05, 0) is 65.6 Å². The molecule has 1 unspecified atom stereocenters. The summed E-state index contributed by atoms with van der Waals surface area (Å²) in [5, 5.41) is 19.9. The van der Waals surface area contributed by atoms with Crippen molar-refractivity contribution in [1.82, 2.24) is 5.32 Å². The summed E-state index contributed by atoms with van der Waals surface area (Å²) in [7, 11) is -3.77. The lowest BCUT2D eigenvalue weighted by molar-refractivity contribution is 0.116. The van der Waals surface area contributed by atoms with Gasteiger partial charge >= 0.3 is 13.7 Å². The molecule has 1 atom stereocenters. The van der Waals surface area contributed by atoms with E-state index in [0.717, 1.165) is 52.8 Å². The number of rotatable bonds is 7. The summed E-state index contributed by atoms with van der Waals surface area (Å²) in [4.78, 5) is 12.9. The first-order valence-electron chi connectivity index (χ1n) is 12.5. The molecule has 1 fully saturated rings. The van der Waals surface area contributed by atoms with Crippen molar-refractivity contribution in [1.29, 1.82) is 0 Å². The smallest absolute Gasteiger partial charge is 0.415 e. The van der Waals surface area contributed by atoms with E-state index in [9.17, 15) is 14.5 Å². The molecule has 0 aromatic heterocycles. The molecular weight excluding hydrogens is 487 g/mol. The van der Waals surface area contributed by atoms with Crippen LogP contribution in [0.3, 0.4) is 0 Å². The third-order valence-electron chi connectivity index (χ3n) is 6.75. The summed E-state index contributed by atoms with van der Waals surface area (Å²) in [6.45, 7) is 1.83. The Morgan fingerprint density at radius 1 is 0.919 bits per heavy atom. The van der Waals surface area contributed by atoms with Crippen LogP contribution in [0.25, 0.3) is 21.5 Å².